The van der Waals surface area contributed by atoms with Gasteiger partial charge in [-0.05, 0) is 30.8 Å². The van der Waals surface area contributed by atoms with E-state index in [0.29, 0.717) is 24.8 Å². The Morgan fingerprint density at radius 1 is 1.24 bits per heavy atom. The van der Waals surface area contributed by atoms with Crippen molar-refractivity contribution < 1.29 is 17.9 Å². The zero-order valence-electron chi connectivity index (χ0n) is 15.4. The molecule has 0 heterocycles. The molecular weight excluding hydrogens is 338 g/mol. The van der Waals surface area contributed by atoms with Crippen molar-refractivity contribution in [3.8, 4) is 0 Å². The second kappa shape index (κ2) is 10.6. The number of carbonyl (C=O) groups excluding carboxylic acids is 1. The second-order valence-corrected chi connectivity index (χ2v) is 8.89. The van der Waals surface area contributed by atoms with Crippen molar-refractivity contribution in [3.63, 3.8) is 0 Å². The number of esters is 1. The summed E-state index contributed by atoms with van der Waals surface area (Å²) in [5.74, 6) is -0.390. The van der Waals surface area contributed by atoms with E-state index in [-0.39, 0.29) is 12.5 Å². The first kappa shape index (κ1) is 21.6. The van der Waals surface area contributed by atoms with Gasteiger partial charge in [0.25, 0.3) is 0 Å². The maximum atomic E-state index is 12.6. The highest BCUT2D eigenvalue weighted by Crippen LogP contribution is 2.24. The molecule has 0 spiro atoms. The van der Waals surface area contributed by atoms with Crippen LogP contribution in [0, 0.1) is 5.92 Å². The van der Waals surface area contributed by atoms with Gasteiger partial charge in [0.05, 0.1) is 5.25 Å². The summed E-state index contributed by atoms with van der Waals surface area (Å²) in [7, 11) is -3.53. The molecule has 0 aromatic carbocycles. The van der Waals surface area contributed by atoms with E-state index >= 15 is 0 Å². The number of hydrogen-bond acceptors (Lipinski definition) is 4. The summed E-state index contributed by atoms with van der Waals surface area (Å²) in [5.41, 5.74) is 0.710. The smallest absolute Gasteiger partial charge is 0.324 e. The van der Waals surface area contributed by atoms with Gasteiger partial charge in [0.15, 0.2) is 0 Å². The van der Waals surface area contributed by atoms with Gasteiger partial charge in [0.2, 0.25) is 10.0 Å². The Morgan fingerprint density at radius 3 is 2.40 bits per heavy atom. The van der Waals surface area contributed by atoms with Crippen LogP contribution in [0.4, 0.5) is 0 Å². The minimum absolute atomic E-state index is 0.0497. The molecule has 142 valence electrons. The monoisotopic (exact) mass is 369 g/mol. The minimum Gasteiger partial charge on any atom is -0.460 e. The molecule has 1 fully saturated rings. The summed E-state index contributed by atoms with van der Waals surface area (Å²) >= 11 is 0. The van der Waals surface area contributed by atoms with E-state index in [4.69, 9.17) is 4.74 Å². The number of rotatable bonds is 10. The summed E-state index contributed by atoms with van der Waals surface area (Å²) in [4.78, 5) is 12.4. The van der Waals surface area contributed by atoms with Crippen LogP contribution in [0.3, 0.4) is 0 Å². The van der Waals surface area contributed by atoms with Gasteiger partial charge in [0.1, 0.15) is 12.6 Å². The lowest BCUT2D eigenvalue weighted by atomic mass is 10.0. The fraction of sp³-hybridized carbons (Fsp3) is 0.632. The van der Waals surface area contributed by atoms with E-state index in [9.17, 15) is 13.2 Å². The van der Waals surface area contributed by atoms with Gasteiger partial charge in [-0.3, -0.25) is 4.79 Å². The summed E-state index contributed by atoms with van der Waals surface area (Å²) < 4.78 is 33.1. The second-order valence-electron chi connectivity index (χ2n) is 6.89. The molecule has 0 bridgehead atoms. The van der Waals surface area contributed by atoms with Crippen molar-refractivity contribution in [1.29, 1.82) is 0 Å². The zero-order valence-corrected chi connectivity index (χ0v) is 16.2. The Bertz CT molecular complexity index is 587. The van der Waals surface area contributed by atoms with E-state index in [2.05, 4.69) is 17.9 Å². The van der Waals surface area contributed by atoms with Gasteiger partial charge in [-0.25, -0.2) is 13.1 Å². The Morgan fingerprint density at radius 2 is 1.88 bits per heavy atom. The summed E-state index contributed by atoms with van der Waals surface area (Å²) in [6.07, 6.45) is 9.48. The first-order valence-corrected chi connectivity index (χ1v) is 10.5. The highest BCUT2D eigenvalue weighted by atomic mass is 32.2. The number of sulfonamides is 1. The number of carbonyl (C=O) groups is 1. The summed E-state index contributed by atoms with van der Waals surface area (Å²) in [5, 5.41) is -0.409. The zero-order chi connectivity index (χ0) is 18.9. The summed E-state index contributed by atoms with van der Waals surface area (Å²) in [6, 6.07) is -0.860. The number of ether oxygens (including phenoxy) is 1. The Balaban J connectivity index is 2.78. The number of allylic oxidation sites excluding steroid dienone is 2. The molecule has 0 amide bonds. The quantitative estimate of drug-likeness (QED) is 0.472. The molecule has 0 saturated heterocycles. The molecule has 25 heavy (non-hydrogen) atoms. The van der Waals surface area contributed by atoms with Gasteiger partial charge >= 0.3 is 5.97 Å². The van der Waals surface area contributed by atoms with Gasteiger partial charge < -0.3 is 4.74 Å². The molecule has 1 unspecified atom stereocenters. The van der Waals surface area contributed by atoms with Crippen LogP contribution >= 0.6 is 0 Å². The average molecular weight is 370 g/mol. The molecule has 1 N–H and O–H groups in total. The number of hydrogen-bond donors (Lipinski definition) is 1. The average Bonchev–Trinajstić information content (AvgIpc) is 2.58. The van der Waals surface area contributed by atoms with Crippen LogP contribution in [-0.2, 0) is 19.6 Å². The van der Waals surface area contributed by atoms with Gasteiger partial charge in [0, 0.05) is 0 Å². The highest BCUT2D eigenvalue weighted by molar-refractivity contribution is 7.90. The molecule has 0 aromatic heterocycles. The van der Waals surface area contributed by atoms with Crippen LogP contribution in [-0.4, -0.2) is 32.3 Å². The topological polar surface area (TPSA) is 72.5 Å². The van der Waals surface area contributed by atoms with Crippen molar-refractivity contribution in [2.45, 2.75) is 63.7 Å². The van der Waals surface area contributed by atoms with Crippen molar-refractivity contribution in [2.75, 3.05) is 6.61 Å². The van der Waals surface area contributed by atoms with Crippen molar-refractivity contribution in [2.24, 2.45) is 5.92 Å². The lowest BCUT2D eigenvalue weighted by Gasteiger charge is -2.25. The predicted molar refractivity (Wildman–Crippen MR) is 102 cm³/mol. The first-order chi connectivity index (χ1) is 11.8. The molecule has 1 aliphatic carbocycles. The molecule has 0 aliphatic heterocycles. The minimum atomic E-state index is -3.53. The fourth-order valence-electron chi connectivity index (χ4n) is 2.92. The molecule has 0 aromatic rings. The highest BCUT2D eigenvalue weighted by Gasteiger charge is 2.32. The SMILES string of the molecule is C=C/C=C(\C=C)COC(=O)C(CC(C)C)NS(=O)(=O)C1CCCCC1. The van der Waals surface area contributed by atoms with Gasteiger partial charge in [-0.2, -0.15) is 0 Å². The van der Waals surface area contributed by atoms with E-state index in [1.807, 2.05) is 13.8 Å². The van der Waals surface area contributed by atoms with E-state index < -0.39 is 27.3 Å². The Labute approximate surface area is 152 Å². The molecule has 1 aliphatic rings. The molecule has 1 rings (SSSR count). The Kier molecular flexibility index (Phi) is 9.14. The van der Waals surface area contributed by atoms with Crippen LogP contribution in [0.2, 0.25) is 0 Å². The van der Waals surface area contributed by atoms with Crippen LogP contribution in [0.15, 0.2) is 37.0 Å². The van der Waals surface area contributed by atoms with Crippen LogP contribution in [0.25, 0.3) is 0 Å². The van der Waals surface area contributed by atoms with Crippen LogP contribution in [0.5, 0.6) is 0 Å². The van der Waals surface area contributed by atoms with Crippen molar-refractivity contribution in [3.05, 3.63) is 37.0 Å². The van der Waals surface area contributed by atoms with Crippen molar-refractivity contribution in [1.82, 2.24) is 4.72 Å². The molecule has 1 atom stereocenters. The lowest BCUT2D eigenvalue weighted by molar-refractivity contribution is -0.145. The van der Waals surface area contributed by atoms with Gasteiger partial charge in [-0.15, -0.1) is 0 Å². The van der Waals surface area contributed by atoms with Crippen LogP contribution < -0.4 is 4.72 Å². The van der Waals surface area contributed by atoms with E-state index in [1.54, 1.807) is 18.2 Å². The number of nitrogens with one attached hydrogen (secondary N) is 1. The predicted octanol–water partition coefficient (Wildman–Crippen LogP) is 3.49. The first-order valence-electron chi connectivity index (χ1n) is 8.92. The third-order valence-corrected chi connectivity index (χ3v) is 6.23. The molecular formula is C19H31NO4S. The standard InChI is InChI=1S/C19H31NO4S/c1-5-10-16(6-2)14-24-19(21)18(13-15(3)4)20-25(22,23)17-11-8-7-9-12-17/h5-6,10,15,17-18,20H,1-2,7-9,11-14H2,3-4H3/b16-10+. The normalized spacial score (nSPS) is 18.0. The third-order valence-electron chi connectivity index (χ3n) is 4.26. The summed E-state index contributed by atoms with van der Waals surface area (Å²) in [6.45, 7) is 11.2. The van der Waals surface area contributed by atoms with Gasteiger partial charge in [-0.1, -0.05) is 64.5 Å². The van der Waals surface area contributed by atoms with Crippen LogP contribution in [0.1, 0.15) is 52.4 Å². The molecule has 1 saturated carbocycles. The fourth-order valence-corrected chi connectivity index (χ4v) is 4.65. The van der Waals surface area contributed by atoms with E-state index in [0.717, 1.165) is 19.3 Å². The third kappa shape index (κ3) is 7.57. The molecule has 0 radical (unpaired) electrons. The lowest BCUT2D eigenvalue weighted by Crippen LogP contribution is -2.46. The maximum absolute atomic E-state index is 12.6. The molecule has 6 heteroatoms. The maximum Gasteiger partial charge on any atom is 0.324 e. The van der Waals surface area contributed by atoms with Crippen molar-refractivity contribution >= 4 is 16.0 Å². The van der Waals surface area contributed by atoms with E-state index in [1.165, 1.54) is 0 Å². The molecule has 5 nitrogen and oxygen atoms in total. The largest absolute Gasteiger partial charge is 0.460 e. The Hall–Kier alpha value is -1.40.